The van der Waals surface area contributed by atoms with Crippen molar-refractivity contribution in [2.45, 2.75) is 50.4 Å². The fraction of sp³-hybridized carbons (Fsp3) is 0.611. The van der Waals surface area contributed by atoms with Crippen molar-refractivity contribution in [3.05, 3.63) is 35.9 Å². The molecule has 1 aliphatic carbocycles. The Kier molecular flexibility index (Phi) is 6.16. The molecule has 7 nitrogen and oxygen atoms in total. The van der Waals surface area contributed by atoms with Gasteiger partial charge in [0.2, 0.25) is 10.0 Å². The zero-order valence-electron chi connectivity index (χ0n) is 15.1. The lowest BCUT2D eigenvalue weighted by Crippen LogP contribution is -2.56. The Hall–Kier alpha value is -1.64. The van der Waals surface area contributed by atoms with Crippen LogP contribution in [0.15, 0.2) is 30.3 Å². The van der Waals surface area contributed by atoms with Gasteiger partial charge in [-0.25, -0.2) is 17.5 Å². The molecule has 144 valence electrons. The van der Waals surface area contributed by atoms with Crippen LogP contribution in [0, 0.1) is 0 Å². The Balaban J connectivity index is 1.29. The van der Waals surface area contributed by atoms with Gasteiger partial charge in [-0.05, 0) is 31.2 Å². The standard InChI is InChI=1S/C18H27N3O4S/c1-26(23,24)21-9-7-15(8-10-21)19-16-11-17(12-16)20-18(22)25-13-14-5-3-2-4-6-14/h2-6,15-17,19H,7-13H2,1H3,(H,20,22). The van der Waals surface area contributed by atoms with Crippen LogP contribution >= 0.6 is 0 Å². The molecule has 8 heteroatoms. The molecule has 2 aliphatic rings. The molecule has 26 heavy (non-hydrogen) atoms. The molecular formula is C18H27N3O4S. The van der Waals surface area contributed by atoms with Crippen molar-refractivity contribution in [3.8, 4) is 0 Å². The second-order valence-corrected chi connectivity index (χ2v) is 9.16. The summed E-state index contributed by atoms with van der Waals surface area (Å²) in [5, 5.41) is 6.47. The average Bonchev–Trinajstić information content (AvgIpc) is 2.58. The Morgan fingerprint density at radius 2 is 1.77 bits per heavy atom. The van der Waals surface area contributed by atoms with Gasteiger partial charge >= 0.3 is 6.09 Å². The molecule has 0 atom stereocenters. The van der Waals surface area contributed by atoms with E-state index in [4.69, 9.17) is 4.74 Å². The summed E-state index contributed by atoms with van der Waals surface area (Å²) in [6, 6.07) is 10.5. The maximum absolute atomic E-state index is 11.8. The lowest BCUT2D eigenvalue weighted by atomic mass is 9.85. The number of piperidine rings is 1. The van der Waals surface area contributed by atoms with Crippen molar-refractivity contribution >= 4 is 16.1 Å². The molecule has 1 amide bonds. The smallest absolute Gasteiger partial charge is 0.407 e. The summed E-state index contributed by atoms with van der Waals surface area (Å²) in [5.74, 6) is 0. The van der Waals surface area contributed by atoms with Crippen molar-refractivity contribution < 1.29 is 17.9 Å². The monoisotopic (exact) mass is 381 g/mol. The van der Waals surface area contributed by atoms with Crippen LogP contribution in [0.1, 0.15) is 31.2 Å². The van der Waals surface area contributed by atoms with E-state index in [0.29, 0.717) is 25.2 Å². The van der Waals surface area contributed by atoms with E-state index in [2.05, 4.69) is 10.6 Å². The van der Waals surface area contributed by atoms with E-state index < -0.39 is 10.0 Å². The number of benzene rings is 1. The number of hydrogen-bond acceptors (Lipinski definition) is 5. The number of carbonyl (C=O) groups is 1. The van der Waals surface area contributed by atoms with Gasteiger partial charge < -0.3 is 15.4 Å². The highest BCUT2D eigenvalue weighted by Gasteiger charge is 2.33. The fourth-order valence-corrected chi connectivity index (χ4v) is 4.36. The number of carbonyl (C=O) groups excluding carboxylic acids is 1. The van der Waals surface area contributed by atoms with Crippen LogP contribution in [0.3, 0.4) is 0 Å². The predicted molar refractivity (Wildman–Crippen MR) is 99.1 cm³/mol. The van der Waals surface area contributed by atoms with Gasteiger partial charge in [0.25, 0.3) is 0 Å². The summed E-state index contributed by atoms with van der Waals surface area (Å²) in [6.45, 7) is 1.44. The lowest BCUT2D eigenvalue weighted by molar-refractivity contribution is 0.123. The van der Waals surface area contributed by atoms with Crippen LogP contribution in [0.2, 0.25) is 0 Å². The lowest BCUT2D eigenvalue weighted by Gasteiger charge is -2.40. The first-order valence-corrected chi connectivity index (χ1v) is 10.9. The molecule has 0 aromatic heterocycles. The first-order valence-electron chi connectivity index (χ1n) is 9.08. The number of nitrogens with zero attached hydrogens (tertiary/aromatic N) is 1. The number of ether oxygens (including phenoxy) is 1. The summed E-state index contributed by atoms with van der Waals surface area (Å²) in [7, 11) is -3.07. The van der Waals surface area contributed by atoms with E-state index in [9.17, 15) is 13.2 Å². The molecule has 1 heterocycles. The van der Waals surface area contributed by atoms with E-state index in [1.165, 1.54) is 6.26 Å². The Morgan fingerprint density at radius 1 is 1.12 bits per heavy atom. The number of rotatable bonds is 6. The molecule has 0 bridgehead atoms. The third kappa shape index (κ3) is 5.43. The van der Waals surface area contributed by atoms with Gasteiger partial charge in [-0.3, -0.25) is 0 Å². The molecule has 2 N–H and O–H groups in total. The first kappa shape index (κ1) is 19.1. The van der Waals surface area contributed by atoms with Gasteiger partial charge in [-0.2, -0.15) is 0 Å². The number of hydrogen-bond donors (Lipinski definition) is 2. The van der Waals surface area contributed by atoms with Gasteiger partial charge in [-0.15, -0.1) is 0 Å². The van der Waals surface area contributed by atoms with Gasteiger partial charge in [0.05, 0.1) is 6.26 Å². The summed E-state index contributed by atoms with van der Waals surface area (Å²) in [4.78, 5) is 11.8. The topological polar surface area (TPSA) is 87.7 Å². The third-order valence-electron chi connectivity index (χ3n) is 5.07. The zero-order valence-corrected chi connectivity index (χ0v) is 15.9. The van der Waals surface area contributed by atoms with Crippen molar-refractivity contribution in [1.82, 2.24) is 14.9 Å². The zero-order chi connectivity index (χ0) is 18.6. The molecule has 3 rings (SSSR count). The molecule has 1 aromatic rings. The van der Waals surface area contributed by atoms with Crippen molar-refractivity contribution in [3.63, 3.8) is 0 Å². The Labute approximate surface area is 155 Å². The summed E-state index contributed by atoms with van der Waals surface area (Å²) in [6.07, 6.45) is 4.32. The van der Waals surface area contributed by atoms with Gasteiger partial charge in [0, 0.05) is 31.2 Å². The second-order valence-electron chi connectivity index (χ2n) is 7.17. The minimum atomic E-state index is -3.07. The molecule has 0 spiro atoms. The summed E-state index contributed by atoms with van der Waals surface area (Å²) in [5.41, 5.74) is 0.969. The highest BCUT2D eigenvalue weighted by Crippen LogP contribution is 2.23. The quantitative estimate of drug-likeness (QED) is 0.779. The number of amides is 1. The van der Waals surface area contributed by atoms with E-state index in [0.717, 1.165) is 31.2 Å². The Bertz CT molecular complexity index is 696. The second kappa shape index (κ2) is 8.37. The molecule has 1 aromatic carbocycles. The maximum Gasteiger partial charge on any atom is 0.407 e. The fourth-order valence-electron chi connectivity index (χ4n) is 3.49. The maximum atomic E-state index is 11.8. The first-order chi connectivity index (χ1) is 12.4. The molecule has 1 aliphatic heterocycles. The van der Waals surface area contributed by atoms with Crippen LogP contribution in [0.5, 0.6) is 0 Å². The normalized spacial score (nSPS) is 24.7. The number of alkyl carbamates (subject to hydrolysis) is 1. The highest BCUT2D eigenvalue weighted by molar-refractivity contribution is 7.88. The number of nitrogens with one attached hydrogen (secondary N) is 2. The van der Waals surface area contributed by atoms with Crippen LogP contribution in [0.25, 0.3) is 0 Å². The molecule has 1 saturated heterocycles. The number of sulfonamides is 1. The van der Waals surface area contributed by atoms with Crippen molar-refractivity contribution in [2.24, 2.45) is 0 Å². The minimum absolute atomic E-state index is 0.145. The van der Waals surface area contributed by atoms with E-state index in [1.54, 1.807) is 4.31 Å². The van der Waals surface area contributed by atoms with Crippen molar-refractivity contribution in [2.75, 3.05) is 19.3 Å². The average molecular weight is 381 g/mol. The third-order valence-corrected chi connectivity index (χ3v) is 6.37. The van der Waals surface area contributed by atoms with Gasteiger partial charge in [-0.1, -0.05) is 30.3 Å². The predicted octanol–water partition coefficient (Wildman–Crippen LogP) is 1.46. The van der Waals surface area contributed by atoms with Crippen LogP contribution in [0.4, 0.5) is 4.79 Å². The van der Waals surface area contributed by atoms with E-state index in [-0.39, 0.29) is 18.7 Å². The van der Waals surface area contributed by atoms with Crippen LogP contribution in [-0.2, 0) is 21.4 Å². The van der Waals surface area contributed by atoms with Gasteiger partial charge in [0.15, 0.2) is 0 Å². The van der Waals surface area contributed by atoms with E-state index >= 15 is 0 Å². The van der Waals surface area contributed by atoms with E-state index in [1.807, 2.05) is 30.3 Å². The highest BCUT2D eigenvalue weighted by atomic mass is 32.2. The molecule has 1 saturated carbocycles. The summed E-state index contributed by atoms with van der Waals surface area (Å²) < 4.78 is 29.8. The molecule has 0 radical (unpaired) electrons. The SMILES string of the molecule is CS(=O)(=O)N1CCC(NC2CC(NC(=O)OCc3ccccc3)C2)CC1. The summed E-state index contributed by atoms with van der Waals surface area (Å²) >= 11 is 0. The van der Waals surface area contributed by atoms with Crippen molar-refractivity contribution in [1.29, 1.82) is 0 Å². The van der Waals surface area contributed by atoms with Crippen LogP contribution in [-0.4, -0.2) is 56.3 Å². The molecule has 2 fully saturated rings. The Morgan fingerprint density at radius 3 is 2.38 bits per heavy atom. The minimum Gasteiger partial charge on any atom is -0.445 e. The molecule has 0 unspecified atom stereocenters. The van der Waals surface area contributed by atoms with Crippen LogP contribution < -0.4 is 10.6 Å². The largest absolute Gasteiger partial charge is 0.445 e. The molecular weight excluding hydrogens is 354 g/mol. The van der Waals surface area contributed by atoms with Gasteiger partial charge in [0.1, 0.15) is 6.61 Å².